The summed E-state index contributed by atoms with van der Waals surface area (Å²) in [6, 6.07) is 22.6. The van der Waals surface area contributed by atoms with E-state index in [1.807, 2.05) is 44.2 Å². The second-order valence-electron chi connectivity index (χ2n) is 9.73. The van der Waals surface area contributed by atoms with Gasteiger partial charge in [0.2, 0.25) is 21.8 Å². The molecule has 0 aliphatic rings. The number of amides is 2. The van der Waals surface area contributed by atoms with Gasteiger partial charge >= 0.3 is 0 Å². The fraction of sp³-hybridized carbons (Fsp3) is 0.333. The van der Waals surface area contributed by atoms with Gasteiger partial charge in [-0.15, -0.1) is 0 Å². The van der Waals surface area contributed by atoms with E-state index in [9.17, 15) is 22.4 Å². The van der Waals surface area contributed by atoms with Gasteiger partial charge in [0.1, 0.15) is 11.9 Å². The summed E-state index contributed by atoms with van der Waals surface area (Å²) in [5.41, 5.74) is 1.16. The van der Waals surface area contributed by atoms with E-state index < -0.39 is 21.9 Å². The highest BCUT2D eigenvalue weighted by Gasteiger charge is 2.31. The van der Waals surface area contributed by atoms with Crippen molar-refractivity contribution < 1.29 is 22.4 Å². The Bertz CT molecular complexity index is 1330. The molecule has 1 atom stereocenters. The number of sulfonamides is 1. The summed E-state index contributed by atoms with van der Waals surface area (Å²) >= 11 is 0. The number of benzene rings is 3. The minimum atomic E-state index is -3.70. The van der Waals surface area contributed by atoms with Crippen LogP contribution >= 0.6 is 0 Å². The molecule has 208 valence electrons. The number of hydrogen-bond acceptors (Lipinski definition) is 4. The molecule has 0 saturated carbocycles. The van der Waals surface area contributed by atoms with Crippen molar-refractivity contribution in [3.05, 3.63) is 102 Å². The van der Waals surface area contributed by atoms with Gasteiger partial charge in [0.15, 0.2) is 0 Å². The van der Waals surface area contributed by atoms with E-state index in [-0.39, 0.29) is 55.1 Å². The Hall–Kier alpha value is -3.56. The lowest BCUT2D eigenvalue weighted by Gasteiger charge is -2.32. The molecule has 39 heavy (non-hydrogen) atoms. The van der Waals surface area contributed by atoms with Gasteiger partial charge in [0.25, 0.3) is 0 Å². The molecular weight excluding hydrogens is 517 g/mol. The van der Waals surface area contributed by atoms with Crippen LogP contribution in [0.2, 0.25) is 0 Å². The van der Waals surface area contributed by atoms with Crippen LogP contribution in [-0.4, -0.2) is 55.1 Å². The van der Waals surface area contributed by atoms with E-state index in [0.717, 1.165) is 5.56 Å². The summed E-state index contributed by atoms with van der Waals surface area (Å²) in [6.45, 7) is 3.69. The molecule has 0 bridgehead atoms. The summed E-state index contributed by atoms with van der Waals surface area (Å²) in [4.78, 5) is 28.6. The van der Waals surface area contributed by atoms with Crippen LogP contribution in [0.4, 0.5) is 4.39 Å². The highest BCUT2D eigenvalue weighted by molar-refractivity contribution is 7.89. The summed E-state index contributed by atoms with van der Waals surface area (Å²) in [5, 5.41) is 2.90. The van der Waals surface area contributed by atoms with Crippen LogP contribution in [0.5, 0.6) is 0 Å². The Kier molecular flexibility index (Phi) is 10.8. The number of rotatable bonds is 13. The Labute approximate surface area is 230 Å². The third-order valence-corrected chi connectivity index (χ3v) is 8.19. The quantitative estimate of drug-likeness (QED) is 0.340. The van der Waals surface area contributed by atoms with Crippen molar-refractivity contribution in [2.24, 2.45) is 0 Å². The number of hydrogen-bond donors (Lipinski definition) is 1. The molecule has 0 aliphatic heterocycles. The molecule has 1 N–H and O–H groups in total. The van der Waals surface area contributed by atoms with Crippen LogP contribution in [-0.2, 0) is 32.6 Å². The van der Waals surface area contributed by atoms with Crippen molar-refractivity contribution >= 4 is 21.8 Å². The summed E-state index contributed by atoms with van der Waals surface area (Å²) in [7, 11) is -2.23. The smallest absolute Gasteiger partial charge is 0.243 e. The lowest BCUT2D eigenvalue weighted by atomic mass is 10.0. The molecule has 2 amide bonds. The van der Waals surface area contributed by atoms with Gasteiger partial charge in [-0.05, 0) is 44.0 Å². The zero-order chi connectivity index (χ0) is 28.4. The fourth-order valence-corrected chi connectivity index (χ4v) is 5.46. The zero-order valence-corrected chi connectivity index (χ0v) is 23.4. The maximum atomic E-state index is 14.7. The molecule has 0 aromatic heterocycles. The molecular formula is C30H36FN3O4S. The van der Waals surface area contributed by atoms with Crippen molar-refractivity contribution in [2.75, 3.05) is 13.6 Å². The molecule has 3 aromatic carbocycles. The van der Waals surface area contributed by atoms with Crippen molar-refractivity contribution in [3.63, 3.8) is 0 Å². The van der Waals surface area contributed by atoms with E-state index in [0.29, 0.717) is 5.56 Å². The monoisotopic (exact) mass is 553 g/mol. The van der Waals surface area contributed by atoms with Gasteiger partial charge < -0.3 is 10.2 Å². The number of carbonyl (C=O) groups is 2. The van der Waals surface area contributed by atoms with Crippen LogP contribution in [0.1, 0.15) is 37.8 Å². The molecule has 0 spiro atoms. The number of halogens is 1. The summed E-state index contributed by atoms with van der Waals surface area (Å²) in [5.74, 6) is -1.15. The Morgan fingerprint density at radius 2 is 1.49 bits per heavy atom. The summed E-state index contributed by atoms with van der Waals surface area (Å²) in [6.07, 6.45) is 0.476. The molecule has 0 radical (unpaired) electrons. The highest BCUT2D eigenvalue weighted by Crippen LogP contribution is 2.19. The van der Waals surface area contributed by atoms with Crippen LogP contribution in [0.15, 0.2) is 89.8 Å². The Morgan fingerprint density at radius 3 is 2.10 bits per heavy atom. The first-order chi connectivity index (χ1) is 18.6. The second kappa shape index (κ2) is 14.0. The van der Waals surface area contributed by atoms with Crippen molar-refractivity contribution in [3.8, 4) is 0 Å². The van der Waals surface area contributed by atoms with Crippen LogP contribution in [0, 0.1) is 5.82 Å². The fourth-order valence-electron chi connectivity index (χ4n) is 4.23. The van der Waals surface area contributed by atoms with Crippen LogP contribution < -0.4 is 5.32 Å². The Morgan fingerprint density at radius 1 is 0.897 bits per heavy atom. The largest absolute Gasteiger partial charge is 0.352 e. The van der Waals surface area contributed by atoms with Gasteiger partial charge in [-0.1, -0.05) is 66.7 Å². The predicted octanol–water partition coefficient (Wildman–Crippen LogP) is 4.39. The maximum absolute atomic E-state index is 14.7. The van der Waals surface area contributed by atoms with Crippen molar-refractivity contribution in [2.45, 2.75) is 56.6 Å². The SMILES string of the molecule is CC(C)NC(=O)C(Cc1ccccc1)N(Cc1ccccc1F)C(=O)CCCN(C)S(=O)(=O)c1ccccc1. The average molecular weight is 554 g/mol. The second-order valence-corrected chi connectivity index (χ2v) is 11.8. The number of carbonyl (C=O) groups excluding carboxylic acids is 2. The van der Waals surface area contributed by atoms with E-state index >= 15 is 0 Å². The van der Waals surface area contributed by atoms with Gasteiger partial charge in [0, 0.05) is 44.6 Å². The molecule has 0 saturated heterocycles. The number of nitrogens with zero attached hydrogens (tertiary/aromatic N) is 2. The lowest BCUT2D eigenvalue weighted by molar-refractivity contribution is -0.141. The standard InChI is InChI=1S/C30H36FN3O4S/c1-23(2)32-30(36)28(21-24-13-6-4-7-14-24)34(22-25-15-10-11-18-27(25)31)29(35)19-12-20-33(3)39(37,38)26-16-8-5-9-17-26/h4-11,13-18,23,28H,12,19-22H2,1-3H3,(H,32,36). The molecule has 7 nitrogen and oxygen atoms in total. The maximum Gasteiger partial charge on any atom is 0.243 e. The minimum absolute atomic E-state index is 0.0106. The van der Waals surface area contributed by atoms with Crippen molar-refractivity contribution in [1.82, 2.24) is 14.5 Å². The van der Waals surface area contributed by atoms with Crippen LogP contribution in [0.3, 0.4) is 0 Å². The molecule has 3 rings (SSSR count). The molecule has 1 unspecified atom stereocenters. The van der Waals surface area contributed by atoms with E-state index in [1.54, 1.807) is 36.4 Å². The first-order valence-electron chi connectivity index (χ1n) is 13.0. The first-order valence-corrected chi connectivity index (χ1v) is 14.4. The third kappa shape index (κ3) is 8.46. The number of nitrogens with one attached hydrogen (secondary N) is 1. The van der Waals surface area contributed by atoms with Crippen molar-refractivity contribution in [1.29, 1.82) is 0 Å². The highest BCUT2D eigenvalue weighted by atomic mass is 32.2. The molecule has 0 fully saturated rings. The lowest BCUT2D eigenvalue weighted by Crippen LogP contribution is -2.52. The first kappa shape index (κ1) is 30.0. The minimum Gasteiger partial charge on any atom is -0.352 e. The average Bonchev–Trinajstić information content (AvgIpc) is 2.92. The molecule has 3 aromatic rings. The predicted molar refractivity (Wildman–Crippen MR) is 150 cm³/mol. The molecule has 0 aliphatic carbocycles. The van der Waals surface area contributed by atoms with Gasteiger partial charge in [-0.2, -0.15) is 0 Å². The van der Waals surface area contributed by atoms with Gasteiger partial charge in [-0.3, -0.25) is 9.59 Å². The van der Waals surface area contributed by atoms with E-state index in [1.165, 1.54) is 34.5 Å². The van der Waals surface area contributed by atoms with E-state index in [2.05, 4.69) is 5.32 Å². The third-order valence-electron chi connectivity index (χ3n) is 6.32. The molecule has 0 heterocycles. The zero-order valence-electron chi connectivity index (χ0n) is 22.6. The van der Waals surface area contributed by atoms with Gasteiger partial charge in [-0.25, -0.2) is 17.1 Å². The summed E-state index contributed by atoms with van der Waals surface area (Å²) < 4.78 is 41.6. The Balaban J connectivity index is 1.83. The normalized spacial score (nSPS) is 12.4. The van der Waals surface area contributed by atoms with Gasteiger partial charge in [0.05, 0.1) is 4.90 Å². The molecule has 9 heteroatoms. The van der Waals surface area contributed by atoms with E-state index in [4.69, 9.17) is 0 Å². The van der Waals surface area contributed by atoms with Crippen LogP contribution in [0.25, 0.3) is 0 Å². The topological polar surface area (TPSA) is 86.8 Å².